The summed E-state index contributed by atoms with van der Waals surface area (Å²) in [6.45, 7) is 7.06. The van der Waals surface area contributed by atoms with Gasteiger partial charge in [-0.2, -0.15) is 0 Å². The first kappa shape index (κ1) is 21.0. The molecule has 2 amide bonds. The van der Waals surface area contributed by atoms with Crippen molar-refractivity contribution in [2.24, 2.45) is 0 Å². The Hall–Kier alpha value is -2.73. The average molecular weight is 416 g/mol. The Kier molecular flexibility index (Phi) is 6.99. The monoisotopic (exact) mass is 415 g/mol. The largest absolute Gasteiger partial charge is 0.494 e. The summed E-state index contributed by atoms with van der Waals surface area (Å²) in [6.07, 6.45) is 0.517. The molecule has 0 saturated carbocycles. The molecule has 1 fully saturated rings. The minimum atomic E-state index is -0.227. The summed E-state index contributed by atoms with van der Waals surface area (Å²) >= 11 is 6.19. The summed E-state index contributed by atoms with van der Waals surface area (Å²) < 4.78 is 5.48. The summed E-state index contributed by atoms with van der Waals surface area (Å²) in [6, 6.07) is 12.6. The first-order valence-electron chi connectivity index (χ1n) is 9.88. The number of amides is 2. The highest BCUT2D eigenvalue weighted by molar-refractivity contribution is 6.31. The number of nitrogens with one attached hydrogen (secondary N) is 1. The van der Waals surface area contributed by atoms with E-state index in [9.17, 15) is 9.59 Å². The Morgan fingerprint density at radius 1 is 1.07 bits per heavy atom. The Balaban J connectivity index is 1.76. The molecule has 1 saturated heterocycles. The van der Waals surface area contributed by atoms with Gasteiger partial charge in [0.1, 0.15) is 5.75 Å². The lowest BCUT2D eigenvalue weighted by molar-refractivity contribution is -0.131. The van der Waals surface area contributed by atoms with Crippen molar-refractivity contribution in [1.29, 1.82) is 0 Å². The van der Waals surface area contributed by atoms with Crippen LogP contribution >= 0.6 is 11.6 Å². The van der Waals surface area contributed by atoms with Crippen LogP contribution in [0.5, 0.6) is 5.75 Å². The second-order valence-corrected chi connectivity index (χ2v) is 7.23. The quantitative estimate of drug-likeness (QED) is 0.773. The average Bonchev–Trinajstić information content (AvgIpc) is 2.74. The number of rotatable bonds is 6. The second-order valence-electron chi connectivity index (χ2n) is 6.80. The molecule has 2 aromatic carbocycles. The van der Waals surface area contributed by atoms with Gasteiger partial charge in [-0.05, 0) is 43.3 Å². The van der Waals surface area contributed by atoms with Gasteiger partial charge in [-0.1, -0.05) is 24.6 Å². The lowest BCUT2D eigenvalue weighted by Gasteiger charge is -2.37. The van der Waals surface area contributed by atoms with E-state index < -0.39 is 0 Å². The molecule has 0 spiro atoms. The molecule has 3 rings (SSSR count). The van der Waals surface area contributed by atoms with Crippen LogP contribution in [0.2, 0.25) is 5.02 Å². The molecule has 1 aliphatic rings. The minimum Gasteiger partial charge on any atom is -0.494 e. The van der Waals surface area contributed by atoms with Gasteiger partial charge < -0.3 is 19.9 Å². The Bertz CT molecular complexity index is 879. The number of piperazine rings is 1. The molecule has 7 heteroatoms. The predicted octanol–water partition coefficient (Wildman–Crippen LogP) is 4.05. The highest BCUT2D eigenvalue weighted by Gasteiger charge is 2.22. The van der Waals surface area contributed by atoms with Gasteiger partial charge in [0.05, 0.1) is 18.0 Å². The number of hydrogen-bond acceptors (Lipinski definition) is 4. The summed E-state index contributed by atoms with van der Waals surface area (Å²) in [5.41, 5.74) is 2.06. The number of hydrogen-bond donors (Lipinski definition) is 1. The van der Waals surface area contributed by atoms with Crippen LogP contribution < -0.4 is 15.0 Å². The summed E-state index contributed by atoms with van der Waals surface area (Å²) in [5.74, 6) is 0.599. The number of anilines is 2. The van der Waals surface area contributed by atoms with E-state index in [1.807, 2.05) is 36.9 Å². The molecular formula is C22H26ClN3O3. The molecule has 6 nitrogen and oxygen atoms in total. The molecule has 154 valence electrons. The van der Waals surface area contributed by atoms with Crippen molar-refractivity contribution in [2.45, 2.75) is 20.3 Å². The standard InChI is InChI=1S/C22H26ClN3O3/c1-3-21(27)26-12-10-25(11-13-26)20-9-8-17(23)15-19(20)24-22(28)16-6-5-7-18(14-16)29-4-2/h5-9,14-15H,3-4,10-13H2,1-2H3,(H,24,28). The van der Waals surface area contributed by atoms with Gasteiger partial charge in [-0.15, -0.1) is 0 Å². The predicted molar refractivity (Wildman–Crippen MR) is 116 cm³/mol. The van der Waals surface area contributed by atoms with Gasteiger partial charge in [0.15, 0.2) is 0 Å². The highest BCUT2D eigenvalue weighted by atomic mass is 35.5. The van der Waals surface area contributed by atoms with E-state index in [1.165, 1.54) is 0 Å². The SMILES string of the molecule is CCOc1cccc(C(=O)Nc2cc(Cl)ccc2N2CCN(C(=O)CC)CC2)c1. The molecule has 0 aliphatic carbocycles. The lowest BCUT2D eigenvalue weighted by Crippen LogP contribution is -2.48. The fraction of sp³-hybridized carbons (Fsp3) is 0.364. The fourth-order valence-corrected chi connectivity index (χ4v) is 3.56. The number of halogens is 1. The van der Waals surface area contributed by atoms with Gasteiger partial charge in [0.2, 0.25) is 5.91 Å². The van der Waals surface area contributed by atoms with Crippen molar-refractivity contribution in [2.75, 3.05) is 43.0 Å². The zero-order valence-electron chi connectivity index (χ0n) is 16.8. The first-order valence-corrected chi connectivity index (χ1v) is 10.3. The number of benzene rings is 2. The zero-order valence-corrected chi connectivity index (χ0v) is 17.5. The van der Waals surface area contributed by atoms with Crippen molar-refractivity contribution in [3.8, 4) is 5.75 Å². The molecule has 0 unspecified atom stereocenters. The van der Waals surface area contributed by atoms with Crippen molar-refractivity contribution < 1.29 is 14.3 Å². The highest BCUT2D eigenvalue weighted by Crippen LogP contribution is 2.31. The van der Waals surface area contributed by atoms with Gasteiger partial charge in [0.25, 0.3) is 5.91 Å². The number of nitrogens with zero attached hydrogens (tertiary/aromatic N) is 2. The Morgan fingerprint density at radius 2 is 1.83 bits per heavy atom. The van der Waals surface area contributed by atoms with E-state index in [4.69, 9.17) is 16.3 Å². The third-order valence-electron chi connectivity index (χ3n) is 4.89. The van der Waals surface area contributed by atoms with Crippen molar-refractivity contribution >= 4 is 34.8 Å². The van der Waals surface area contributed by atoms with Gasteiger partial charge in [-0.25, -0.2) is 0 Å². The van der Waals surface area contributed by atoms with Crippen LogP contribution in [-0.2, 0) is 4.79 Å². The third kappa shape index (κ3) is 5.21. The van der Waals surface area contributed by atoms with E-state index >= 15 is 0 Å². The molecule has 0 radical (unpaired) electrons. The maximum atomic E-state index is 12.8. The summed E-state index contributed by atoms with van der Waals surface area (Å²) in [4.78, 5) is 28.8. The van der Waals surface area contributed by atoms with Crippen LogP contribution in [0, 0.1) is 0 Å². The third-order valence-corrected chi connectivity index (χ3v) is 5.12. The maximum absolute atomic E-state index is 12.8. The summed E-state index contributed by atoms with van der Waals surface area (Å²) in [7, 11) is 0. The van der Waals surface area contributed by atoms with E-state index in [0.29, 0.717) is 61.2 Å². The topological polar surface area (TPSA) is 61.9 Å². The Labute approximate surface area is 176 Å². The first-order chi connectivity index (χ1) is 14.0. The van der Waals surface area contributed by atoms with Gasteiger partial charge in [-0.3, -0.25) is 9.59 Å². The smallest absolute Gasteiger partial charge is 0.255 e. The molecule has 1 aliphatic heterocycles. The normalized spacial score (nSPS) is 13.9. The molecule has 29 heavy (non-hydrogen) atoms. The molecule has 0 aromatic heterocycles. The van der Waals surface area contributed by atoms with Crippen LogP contribution in [0.1, 0.15) is 30.6 Å². The van der Waals surface area contributed by atoms with E-state index in [0.717, 1.165) is 5.69 Å². The van der Waals surface area contributed by atoms with Crippen LogP contribution in [0.15, 0.2) is 42.5 Å². The Morgan fingerprint density at radius 3 is 2.52 bits per heavy atom. The minimum absolute atomic E-state index is 0.170. The number of ether oxygens (including phenoxy) is 1. The van der Waals surface area contributed by atoms with E-state index in [1.54, 1.807) is 24.3 Å². The fourth-order valence-electron chi connectivity index (χ4n) is 3.39. The van der Waals surface area contributed by atoms with Crippen LogP contribution in [0.4, 0.5) is 11.4 Å². The van der Waals surface area contributed by atoms with E-state index in [2.05, 4.69) is 10.2 Å². The van der Waals surface area contributed by atoms with Gasteiger partial charge in [0, 0.05) is 43.2 Å². The maximum Gasteiger partial charge on any atom is 0.255 e. The molecule has 0 bridgehead atoms. The van der Waals surface area contributed by atoms with Crippen molar-refractivity contribution in [3.63, 3.8) is 0 Å². The van der Waals surface area contributed by atoms with Crippen molar-refractivity contribution in [1.82, 2.24) is 4.90 Å². The van der Waals surface area contributed by atoms with Gasteiger partial charge >= 0.3 is 0 Å². The van der Waals surface area contributed by atoms with Crippen LogP contribution in [-0.4, -0.2) is 49.5 Å². The molecule has 2 aromatic rings. The molecule has 0 atom stereocenters. The second kappa shape index (κ2) is 9.65. The van der Waals surface area contributed by atoms with Crippen LogP contribution in [0.3, 0.4) is 0 Å². The molecule has 1 N–H and O–H groups in total. The van der Waals surface area contributed by atoms with Crippen molar-refractivity contribution in [3.05, 3.63) is 53.1 Å². The summed E-state index contributed by atoms with van der Waals surface area (Å²) in [5, 5.41) is 3.53. The number of carbonyl (C=O) groups is 2. The lowest BCUT2D eigenvalue weighted by atomic mass is 10.1. The van der Waals surface area contributed by atoms with Crippen LogP contribution in [0.25, 0.3) is 0 Å². The molecule has 1 heterocycles. The number of carbonyl (C=O) groups excluding carboxylic acids is 2. The van der Waals surface area contributed by atoms with E-state index in [-0.39, 0.29) is 11.8 Å². The zero-order chi connectivity index (χ0) is 20.8. The molecular weight excluding hydrogens is 390 g/mol.